The van der Waals surface area contributed by atoms with Crippen molar-refractivity contribution in [3.05, 3.63) is 25.3 Å². The number of hydrogen-bond acceptors (Lipinski definition) is 11. The van der Waals surface area contributed by atoms with Gasteiger partial charge in [0.05, 0.1) is 19.3 Å². The van der Waals surface area contributed by atoms with Crippen LogP contribution in [-0.4, -0.2) is 135 Å². The lowest BCUT2D eigenvalue weighted by Crippen LogP contribution is -2.70. The van der Waals surface area contributed by atoms with Crippen LogP contribution in [-0.2, 0) is 52.2 Å². The van der Waals surface area contributed by atoms with Gasteiger partial charge in [-0.3, -0.25) is 4.79 Å². The van der Waals surface area contributed by atoms with E-state index in [9.17, 15) is 4.79 Å². The van der Waals surface area contributed by atoms with Crippen LogP contribution in [0.5, 0.6) is 0 Å². The molecule has 0 spiro atoms. The third kappa shape index (κ3) is 18.0. The molecule has 0 aromatic rings. The van der Waals surface area contributed by atoms with Crippen LogP contribution in [0, 0.1) is 17.8 Å². The number of ether oxygens (including phenoxy) is 10. The molecule has 64 heavy (non-hydrogen) atoms. The van der Waals surface area contributed by atoms with E-state index in [1.807, 2.05) is 13.0 Å². The molecular formula is C52H93NO11. The Hall–Kier alpha value is -1.89. The third-order valence-electron chi connectivity index (χ3n) is 13.8. The number of allylic oxidation sites excluding steroid dienone is 1. The Morgan fingerprint density at radius 2 is 1.20 bits per heavy atom. The highest BCUT2D eigenvalue weighted by molar-refractivity contribution is 5.86. The van der Waals surface area contributed by atoms with Crippen molar-refractivity contribution in [3.8, 4) is 12.3 Å². The summed E-state index contributed by atoms with van der Waals surface area (Å²) >= 11 is 0. The molecule has 2 heterocycles. The molecule has 0 radical (unpaired) electrons. The van der Waals surface area contributed by atoms with Crippen molar-refractivity contribution in [3.63, 3.8) is 0 Å². The molecular weight excluding hydrogens is 815 g/mol. The first-order chi connectivity index (χ1) is 31.1. The van der Waals surface area contributed by atoms with E-state index in [0.29, 0.717) is 13.0 Å². The minimum Gasteiger partial charge on any atom is -0.382 e. The molecule has 12 atom stereocenters. The predicted octanol–water partition coefficient (Wildman–Crippen LogP) is 9.70. The predicted molar refractivity (Wildman–Crippen MR) is 255 cm³/mol. The van der Waals surface area contributed by atoms with Gasteiger partial charge in [0, 0.05) is 42.2 Å². The first kappa shape index (κ1) is 58.2. The molecule has 12 nitrogen and oxygen atoms in total. The van der Waals surface area contributed by atoms with Gasteiger partial charge in [0.15, 0.2) is 5.60 Å². The van der Waals surface area contributed by atoms with Crippen LogP contribution in [0.4, 0.5) is 0 Å². The second-order valence-corrected chi connectivity index (χ2v) is 18.2. The summed E-state index contributed by atoms with van der Waals surface area (Å²) in [6.07, 6.45) is 26.7. The van der Waals surface area contributed by atoms with Gasteiger partial charge in [0.1, 0.15) is 61.7 Å². The fourth-order valence-corrected chi connectivity index (χ4v) is 9.63. The molecule has 1 N–H and O–H groups in total. The quantitative estimate of drug-likeness (QED) is 0.0210. The van der Waals surface area contributed by atoms with E-state index in [1.54, 1.807) is 35.5 Å². The highest BCUT2D eigenvalue weighted by atomic mass is 16.7. The van der Waals surface area contributed by atoms with Crippen LogP contribution >= 0.6 is 0 Å². The number of carbonyl (C=O) groups excluding carboxylic acids is 1. The summed E-state index contributed by atoms with van der Waals surface area (Å²) in [4.78, 5) is 12.0. The van der Waals surface area contributed by atoms with Crippen molar-refractivity contribution < 1.29 is 52.2 Å². The van der Waals surface area contributed by atoms with Gasteiger partial charge in [-0.1, -0.05) is 136 Å². The van der Waals surface area contributed by atoms with Gasteiger partial charge in [-0.15, -0.1) is 13.0 Å². The zero-order valence-corrected chi connectivity index (χ0v) is 41.9. The molecule has 0 aromatic heterocycles. The van der Waals surface area contributed by atoms with Crippen molar-refractivity contribution in [1.82, 2.24) is 5.32 Å². The molecule has 2 fully saturated rings. The topological polar surface area (TPSA) is 121 Å². The monoisotopic (exact) mass is 908 g/mol. The maximum Gasteiger partial charge on any atom is 0.245 e. The SMILES string of the molecule is C#CC(CC)(OC1C(COC)OC(C(C)(CC)CCCCCC)C(OC)C1OC)C1OC(COCNC(=O)C=C)C(OCCCCCCCCCCCCCCC=C)C(OC)C1OC. The molecule has 2 aliphatic rings. The molecule has 12 unspecified atom stereocenters. The number of methoxy groups -OCH3 is 5. The van der Waals surface area contributed by atoms with Gasteiger partial charge >= 0.3 is 0 Å². The molecule has 2 rings (SSSR count). The fraction of sp³-hybridized carbons (Fsp3) is 0.865. The number of nitrogens with one attached hydrogen (secondary N) is 1. The van der Waals surface area contributed by atoms with E-state index in [1.165, 1.54) is 83.1 Å². The van der Waals surface area contributed by atoms with Crippen molar-refractivity contribution in [2.75, 3.05) is 62.1 Å². The van der Waals surface area contributed by atoms with E-state index in [0.717, 1.165) is 44.9 Å². The smallest absolute Gasteiger partial charge is 0.245 e. The first-order valence-corrected chi connectivity index (χ1v) is 24.9. The van der Waals surface area contributed by atoms with E-state index in [-0.39, 0.29) is 37.4 Å². The van der Waals surface area contributed by atoms with Gasteiger partial charge < -0.3 is 52.7 Å². The van der Waals surface area contributed by atoms with Gasteiger partial charge in [-0.25, -0.2) is 0 Å². The maximum absolute atomic E-state index is 12.0. The molecule has 1 amide bonds. The maximum atomic E-state index is 12.0. The lowest BCUT2D eigenvalue weighted by molar-refractivity contribution is -0.323. The second kappa shape index (κ2) is 33.6. The van der Waals surface area contributed by atoms with Crippen molar-refractivity contribution in [1.29, 1.82) is 0 Å². The summed E-state index contributed by atoms with van der Waals surface area (Å²) in [7, 11) is 8.31. The minimum absolute atomic E-state index is 0.0454. The van der Waals surface area contributed by atoms with Crippen molar-refractivity contribution in [2.45, 2.75) is 223 Å². The molecule has 2 aliphatic heterocycles. The molecule has 372 valence electrons. The Morgan fingerprint density at radius 1 is 0.672 bits per heavy atom. The van der Waals surface area contributed by atoms with Crippen LogP contribution in [0.15, 0.2) is 25.3 Å². The summed E-state index contributed by atoms with van der Waals surface area (Å²) in [5.41, 5.74) is -1.55. The summed E-state index contributed by atoms with van der Waals surface area (Å²) in [5, 5.41) is 2.68. The highest BCUT2D eigenvalue weighted by Gasteiger charge is 2.59. The minimum atomic E-state index is -1.36. The molecule has 0 aromatic carbocycles. The van der Waals surface area contributed by atoms with Gasteiger partial charge in [-0.05, 0) is 50.0 Å². The summed E-state index contributed by atoms with van der Waals surface area (Å²) in [6.45, 7) is 16.8. The van der Waals surface area contributed by atoms with Gasteiger partial charge in [-0.2, -0.15) is 0 Å². The van der Waals surface area contributed by atoms with Crippen LogP contribution in [0.2, 0.25) is 0 Å². The molecule has 0 bridgehead atoms. The van der Waals surface area contributed by atoms with Crippen LogP contribution in [0.1, 0.15) is 156 Å². The Labute approximate surface area is 390 Å². The first-order valence-electron chi connectivity index (χ1n) is 24.9. The number of terminal acetylenes is 1. The Bertz CT molecular complexity index is 1280. The Kier molecular flexibility index (Phi) is 30.5. The van der Waals surface area contributed by atoms with E-state index in [4.69, 9.17) is 53.8 Å². The lowest BCUT2D eigenvalue weighted by atomic mass is 9.72. The van der Waals surface area contributed by atoms with E-state index < -0.39 is 60.5 Å². The van der Waals surface area contributed by atoms with Crippen molar-refractivity contribution >= 4 is 5.91 Å². The third-order valence-corrected chi connectivity index (χ3v) is 13.8. The molecule has 2 saturated heterocycles. The largest absolute Gasteiger partial charge is 0.382 e. The zero-order valence-electron chi connectivity index (χ0n) is 41.9. The number of unbranched alkanes of at least 4 members (excludes halogenated alkanes) is 15. The standard InChI is InChI=1S/C52H93NO11/c1-13-19-21-23-24-25-26-27-28-29-30-31-32-34-36-61-43-41(38-60-39-53-42(54)15-3)63-50(48(59-12)45(43)56-9)52(17-5,18-6)64-44-40(37-55-8)62-49(47(58-11)46(44)57-10)51(7,16-4)35-33-22-20-14-2/h5,13,15,40-41,43-50H,1,3,14,16,18-39H2,2,4,6-12H3,(H,53,54). The zero-order chi connectivity index (χ0) is 47.2. The number of hydrogen-bond donors (Lipinski definition) is 1. The van der Waals surface area contributed by atoms with Gasteiger partial charge in [0.2, 0.25) is 5.91 Å². The fourth-order valence-electron chi connectivity index (χ4n) is 9.63. The van der Waals surface area contributed by atoms with Crippen LogP contribution in [0.3, 0.4) is 0 Å². The molecule has 0 aliphatic carbocycles. The summed E-state index contributed by atoms with van der Waals surface area (Å²) < 4.78 is 64.9. The van der Waals surface area contributed by atoms with E-state index in [2.05, 4.69) is 45.2 Å². The number of rotatable bonds is 38. The Balaban J connectivity index is 2.31. The lowest BCUT2D eigenvalue weighted by Gasteiger charge is -2.54. The number of carbonyl (C=O) groups is 1. The normalized spacial score (nSPS) is 27.9. The van der Waals surface area contributed by atoms with Gasteiger partial charge in [0.25, 0.3) is 0 Å². The second-order valence-electron chi connectivity index (χ2n) is 18.2. The Morgan fingerprint density at radius 3 is 1.72 bits per heavy atom. The molecule has 12 heteroatoms. The average Bonchev–Trinajstić information content (AvgIpc) is 3.31. The summed E-state index contributed by atoms with van der Waals surface area (Å²) in [5.74, 6) is 2.68. The van der Waals surface area contributed by atoms with Crippen molar-refractivity contribution in [2.24, 2.45) is 5.41 Å². The van der Waals surface area contributed by atoms with E-state index >= 15 is 0 Å². The summed E-state index contributed by atoms with van der Waals surface area (Å²) in [6, 6.07) is 0. The molecule has 0 saturated carbocycles. The number of amides is 1. The van der Waals surface area contributed by atoms with Crippen LogP contribution < -0.4 is 5.32 Å². The highest BCUT2D eigenvalue weighted by Crippen LogP contribution is 2.45. The van der Waals surface area contributed by atoms with Crippen LogP contribution in [0.25, 0.3) is 0 Å². The average molecular weight is 908 g/mol.